The number of nitro groups is 1. The normalized spacial score (nSPS) is 22.9. The fourth-order valence-electron chi connectivity index (χ4n) is 7.04. The Morgan fingerprint density at radius 1 is 0.907 bits per heavy atom. The monoisotopic (exact) mass is 571 g/mol. The summed E-state index contributed by atoms with van der Waals surface area (Å²) in [6.45, 7) is 0. The molecule has 4 aromatic rings. The zero-order chi connectivity index (χ0) is 29.9. The van der Waals surface area contributed by atoms with Crippen LogP contribution in [0.4, 0.5) is 11.4 Å². The van der Waals surface area contributed by atoms with Gasteiger partial charge in [-0.3, -0.25) is 24.5 Å². The number of hydrogen-bond acceptors (Lipinski definition) is 7. The molecule has 1 amide bonds. The predicted molar refractivity (Wildman–Crippen MR) is 159 cm³/mol. The van der Waals surface area contributed by atoms with Crippen molar-refractivity contribution in [1.29, 1.82) is 0 Å². The van der Waals surface area contributed by atoms with E-state index in [1.807, 2.05) is 53.4 Å². The number of hydrogen-bond donors (Lipinski definition) is 1. The molecule has 212 valence electrons. The first-order valence-electron chi connectivity index (χ1n) is 13.8. The van der Waals surface area contributed by atoms with Crippen LogP contribution >= 0.6 is 0 Å². The maximum atomic E-state index is 14.8. The van der Waals surface area contributed by atoms with Crippen LogP contribution in [-0.4, -0.2) is 40.4 Å². The average molecular weight is 572 g/mol. The van der Waals surface area contributed by atoms with Gasteiger partial charge in [0.2, 0.25) is 5.91 Å². The Hall–Kier alpha value is -5.57. The molecular weight excluding hydrogens is 546 g/mol. The van der Waals surface area contributed by atoms with Gasteiger partial charge in [-0.1, -0.05) is 54.6 Å². The van der Waals surface area contributed by atoms with E-state index in [4.69, 9.17) is 4.74 Å². The van der Waals surface area contributed by atoms with Gasteiger partial charge in [-0.05, 0) is 53.1 Å². The van der Waals surface area contributed by atoms with Crippen molar-refractivity contribution in [2.45, 2.75) is 17.5 Å². The first-order valence-corrected chi connectivity index (χ1v) is 13.8. The molecule has 9 nitrogen and oxygen atoms in total. The molecule has 3 aliphatic rings. The number of rotatable bonds is 6. The summed E-state index contributed by atoms with van der Waals surface area (Å²) in [5.41, 5.74) is 1.76. The maximum absolute atomic E-state index is 14.8. The van der Waals surface area contributed by atoms with Crippen molar-refractivity contribution in [1.82, 2.24) is 4.90 Å². The Labute approximate surface area is 246 Å². The molecule has 0 bridgehead atoms. The van der Waals surface area contributed by atoms with Crippen molar-refractivity contribution < 1.29 is 24.0 Å². The molecule has 43 heavy (non-hydrogen) atoms. The van der Waals surface area contributed by atoms with E-state index in [2.05, 4.69) is 5.32 Å². The number of nitrogens with one attached hydrogen (secondary N) is 1. The molecule has 1 fully saturated rings. The summed E-state index contributed by atoms with van der Waals surface area (Å²) in [5.74, 6) is -1.88. The van der Waals surface area contributed by atoms with Crippen LogP contribution < -0.4 is 10.1 Å². The molecule has 0 saturated carbocycles. The lowest BCUT2D eigenvalue weighted by Crippen LogP contribution is -2.49. The molecule has 1 saturated heterocycles. The summed E-state index contributed by atoms with van der Waals surface area (Å²) in [6.07, 6.45) is 3.69. The third kappa shape index (κ3) is 3.74. The molecule has 4 atom stereocenters. The highest BCUT2D eigenvalue weighted by molar-refractivity contribution is 6.16. The topological polar surface area (TPSA) is 119 Å². The molecule has 1 N–H and O–H groups in total. The third-order valence-corrected chi connectivity index (χ3v) is 8.84. The predicted octanol–water partition coefficient (Wildman–Crippen LogP) is 5.59. The average Bonchev–Trinajstić information content (AvgIpc) is 3.52. The minimum atomic E-state index is -1.49. The molecule has 0 aliphatic carbocycles. The molecule has 0 aromatic heterocycles. The standard InChI is InChI=1S/C34H25N3O6/c1-43-24-9-6-8-22(19-24)31(39)29-28(30(38)21-13-15-23(16-14-21)37(41)42)34(26-11-4-5-12-27(26)35-33(34)40)32-25-10-3-2-7-20(25)17-18-36(29)32/h2-19,28-29,32H,1H3,(H,35,40)/t28-,29+,32+,34-/m0/s1. The van der Waals surface area contributed by atoms with Crippen LogP contribution in [0.15, 0.2) is 103 Å². The van der Waals surface area contributed by atoms with Crippen molar-refractivity contribution in [3.63, 3.8) is 0 Å². The number of carbonyl (C=O) groups is 3. The van der Waals surface area contributed by atoms with Crippen molar-refractivity contribution in [3.05, 3.63) is 141 Å². The van der Waals surface area contributed by atoms with E-state index < -0.39 is 34.1 Å². The summed E-state index contributed by atoms with van der Waals surface area (Å²) in [4.78, 5) is 56.6. The number of methoxy groups -OCH3 is 1. The molecule has 0 unspecified atom stereocenters. The number of ketones is 2. The summed E-state index contributed by atoms with van der Waals surface area (Å²) < 4.78 is 5.39. The summed E-state index contributed by atoms with van der Waals surface area (Å²) in [6, 6.07) is 25.2. The van der Waals surface area contributed by atoms with E-state index in [9.17, 15) is 24.5 Å². The smallest absolute Gasteiger partial charge is 0.269 e. The fraction of sp³-hybridized carbons (Fsp3) is 0.147. The Morgan fingerprint density at radius 3 is 2.42 bits per heavy atom. The highest BCUT2D eigenvalue weighted by Gasteiger charge is 2.70. The van der Waals surface area contributed by atoms with Crippen molar-refractivity contribution >= 4 is 34.9 Å². The minimum absolute atomic E-state index is 0.167. The van der Waals surface area contributed by atoms with Gasteiger partial charge in [0.25, 0.3) is 5.69 Å². The second-order valence-electron chi connectivity index (χ2n) is 10.9. The van der Waals surface area contributed by atoms with E-state index in [-0.39, 0.29) is 22.9 Å². The lowest BCUT2D eigenvalue weighted by Gasteiger charge is -2.38. The number of non-ortho nitro benzene ring substituents is 1. The Morgan fingerprint density at radius 2 is 1.65 bits per heavy atom. The van der Waals surface area contributed by atoms with Gasteiger partial charge >= 0.3 is 0 Å². The SMILES string of the molecule is COc1cccc(C(=O)[C@H]2[C@@H](C(=O)c3ccc([N+](=O)[O-])cc3)[C@]3(C(=O)Nc4ccccc43)[C@H]3c4ccccc4C=CN23)c1. The number of fused-ring (bicyclic) bond motifs is 6. The number of carbonyl (C=O) groups excluding carboxylic acids is 3. The van der Waals surface area contributed by atoms with E-state index in [1.165, 1.54) is 31.4 Å². The van der Waals surface area contributed by atoms with Crippen LogP contribution in [0.2, 0.25) is 0 Å². The number of anilines is 1. The largest absolute Gasteiger partial charge is 0.497 e. The fourth-order valence-corrected chi connectivity index (χ4v) is 7.04. The summed E-state index contributed by atoms with van der Waals surface area (Å²) >= 11 is 0. The molecule has 4 aromatic carbocycles. The summed E-state index contributed by atoms with van der Waals surface area (Å²) in [7, 11) is 1.51. The number of para-hydroxylation sites is 1. The van der Waals surface area contributed by atoms with Crippen LogP contribution in [0.3, 0.4) is 0 Å². The molecule has 9 heteroatoms. The number of amides is 1. The first-order chi connectivity index (χ1) is 20.9. The maximum Gasteiger partial charge on any atom is 0.269 e. The minimum Gasteiger partial charge on any atom is -0.497 e. The van der Waals surface area contributed by atoms with Gasteiger partial charge in [-0.2, -0.15) is 0 Å². The van der Waals surface area contributed by atoms with Crippen molar-refractivity contribution in [2.24, 2.45) is 5.92 Å². The molecule has 3 aliphatic heterocycles. The van der Waals surface area contributed by atoms with Gasteiger partial charge in [0.1, 0.15) is 17.2 Å². The van der Waals surface area contributed by atoms with Crippen LogP contribution in [0.5, 0.6) is 5.75 Å². The first kappa shape index (κ1) is 26.3. The highest BCUT2D eigenvalue weighted by atomic mass is 16.6. The van der Waals surface area contributed by atoms with Crippen molar-refractivity contribution in [2.75, 3.05) is 12.4 Å². The Kier molecular flexibility index (Phi) is 5.98. The molecular formula is C34H25N3O6. The molecule has 1 spiro atoms. The number of ether oxygens (including phenoxy) is 1. The van der Waals surface area contributed by atoms with Gasteiger partial charge in [-0.25, -0.2) is 0 Å². The number of benzene rings is 4. The molecule has 0 radical (unpaired) electrons. The number of Topliss-reactive ketones (excluding diaryl/α,β-unsaturated/α-hetero) is 2. The van der Waals surface area contributed by atoms with E-state index in [1.54, 1.807) is 36.5 Å². The van der Waals surface area contributed by atoms with Crippen molar-refractivity contribution in [3.8, 4) is 5.75 Å². The van der Waals surface area contributed by atoms with E-state index in [0.717, 1.165) is 11.1 Å². The van der Waals surface area contributed by atoms with Crippen LogP contribution in [-0.2, 0) is 10.2 Å². The molecule has 3 heterocycles. The molecule has 7 rings (SSSR count). The summed E-state index contributed by atoms with van der Waals surface area (Å²) in [5, 5.41) is 14.4. The Balaban J connectivity index is 1.51. The zero-order valence-corrected chi connectivity index (χ0v) is 23.0. The van der Waals surface area contributed by atoms with Gasteiger partial charge in [0, 0.05) is 35.1 Å². The number of nitro benzene ring substituents is 1. The van der Waals surface area contributed by atoms with E-state index in [0.29, 0.717) is 22.6 Å². The Bertz CT molecular complexity index is 1870. The quantitative estimate of drug-likeness (QED) is 0.182. The van der Waals surface area contributed by atoms with Gasteiger partial charge in [0.15, 0.2) is 11.6 Å². The lowest BCUT2D eigenvalue weighted by molar-refractivity contribution is -0.384. The zero-order valence-electron chi connectivity index (χ0n) is 23.0. The number of nitrogens with zero attached hydrogens (tertiary/aromatic N) is 2. The third-order valence-electron chi connectivity index (χ3n) is 8.84. The highest BCUT2D eigenvalue weighted by Crippen LogP contribution is 2.62. The van der Waals surface area contributed by atoms with Gasteiger partial charge in [-0.15, -0.1) is 0 Å². The lowest BCUT2D eigenvalue weighted by atomic mass is 9.62. The van der Waals surface area contributed by atoms with Crippen LogP contribution in [0.1, 0.15) is 43.4 Å². The van der Waals surface area contributed by atoms with Gasteiger partial charge < -0.3 is 15.0 Å². The second kappa shape index (κ2) is 9.77. The van der Waals surface area contributed by atoms with E-state index >= 15 is 0 Å². The van der Waals surface area contributed by atoms with Crippen LogP contribution in [0.25, 0.3) is 6.08 Å². The van der Waals surface area contributed by atoms with Gasteiger partial charge in [0.05, 0.1) is 24.0 Å². The second-order valence-corrected chi connectivity index (χ2v) is 10.9. The van der Waals surface area contributed by atoms with Crippen LogP contribution in [0, 0.1) is 16.0 Å².